The van der Waals surface area contributed by atoms with E-state index in [9.17, 15) is 0 Å². The molecule has 2 N–H and O–H groups in total. The second-order valence-corrected chi connectivity index (χ2v) is 4.78. The average Bonchev–Trinajstić information content (AvgIpc) is 2.51. The quantitative estimate of drug-likeness (QED) is 0.811. The van der Waals surface area contributed by atoms with Gasteiger partial charge in [0.05, 0.1) is 5.54 Å². The third kappa shape index (κ3) is 3.30. The Morgan fingerprint density at radius 2 is 2.13 bits per heavy atom. The molecule has 1 aromatic rings. The molecule has 0 aliphatic rings. The molecule has 1 heterocycles. The molecule has 0 amide bonds. The van der Waals surface area contributed by atoms with E-state index in [0.717, 1.165) is 25.1 Å². The van der Waals surface area contributed by atoms with Crippen molar-refractivity contribution in [3.8, 4) is 0 Å². The van der Waals surface area contributed by atoms with Crippen LogP contribution in [0.4, 0.5) is 0 Å². The Hall–Kier alpha value is -0.900. The van der Waals surface area contributed by atoms with E-state index in [1.165, 1.54) is 0 Å². The molecule has 1 aromatic heterocycles. The molecule has 0 aliphatic heterocycles. The van der Waals surface area contributed by atoms with Crippen LogP contribution in [-0.2, 0) is 12.0 Å². The summed E-state index contributed by atoms with van der Waals surface area (Å²) in [6.07, 6.45) is 2.71. The van der Waals surface area contributed by atoms with Gasteiger partial charge in [-0.05, 0) is 19.3 Å². The number of rotatable bonds is 5. The van der Waals surface area contributed by atoms with Crippen molar-refractivity contribution in [3.05, 3.63) is 11.7 Å². The summed E-state index contributed by atoms with van der Waals surface area (Å²) in [5.74, 6) is 1.85. The number of nitrogens with zero attached hydrogens (tertiary/aromatic N) is 2. The Bertz CT molecular complexity index is 305. The summed E-state index contributed by atoms with van der Waals surface area (Å²) in [7, 11) is 0. The van der Waals surface area contributed by atoms with Crippen molar-refractivity contribution in [2.24, 2.45) is 11.7 Å². The van der Waals surface area contributed by atoms with Gasteiger partial charge in [-0.25, -0.2) is 0 Å². The van der Waals surface area contributed by atoms with E-state index in [2.05, 4.69) is 30.9 Å². The smallest absolute Gasteiger partial charge is 0.246 e. The Labute approximate surface area is 91.2 Å². The third-order valence-electron chi connectivity index (χ3n) is 2.32. The monoisotopic (exact) mass is 211 g/mol. The van der Waals surface area contributed by atoms with Gasteiger partial charge in [-0.15, -0.1) is 0 Å². The van der Waals surface area contributed by atoms with Gasteiger partial charge in [0, 0.05) is 6.42 Å². The van der Waals surface area contributed by atoms with Gasteiger partial charge < -0.3 is 10.3 Å². The molecule has 4 heteroatoms. The van der Waals surface area contributed by atoms with E-state index in [4.69, 9.17) is 10.3 Å². The Kier molecular flexibility index (Phi) is 3.85. The van der Waals surface area contributed by atoms with Crippen LogP contribution in [0.25, 0.3) is 0 Å². The zero-order valence-corrected chi connectivity index (χ0v) is 10.1. The first-order chi connectivity index (χ1) is 6.95. The van der Waals surface area contributed by atoms with Crippen molar-refractivity contribution < 1.29 is 4.52 Å². The van der Waals surface area contributed by atoms with Gasteiger partial charge in [0.2, 0.25) is 5.89 Å². The molecule has 0 saturated heterocycles. The second kappa shape index (κ2) is 4.75. The van der Waals surface area contributed by atoms with Crippen LogP contribution in [-0.4, -0.2) is 10.1 Å². The fraction of sp³-hybridized carbons (Fsp3) is 0.818. The molecule has 1 atom stereocenters. The lowest BCUT2D eigenvalue weighted by Crippen LogP contribution is -2.33. The predicted octanol–water partition coefficient (Wildman–Crippen LogP) is 2.24. The molecule has 4 nitrogen and oxygen atoms in total. The van der Waals surface area contributed by atoms with E-state index in [0.29, 0.717) is 11.8 Å². The molecule has 1 unspecified atom stereocenters. The summed E-state index contributed by atoms with van der Waals surface area (Å²) in [5.41, 5.74) is 5.61. The minimum Gasteiger partial charge on any atom is -0.337 e. The van der Waals surface area contributed by atoms with Gasteiger partial charge in [-0.1, -0.05) is 32.3 Å². The number of hydrogen-bond acceptors (Lipinski definition) is 4. The SMILES string of the molecule is CCCC(C)(N)c1nc(CC(C)C)no1. The van der Waals surface area contributed by atoms with Gasteiger partial charge >= 0.3 is 0 Å². The summed E-state index contributed by atoms with van der Waals surface area (Å²) in [4.78, 5) is 4.34. The van der Waals surface area contributed by atoms with Crippen LogP contribution in [0.1, 0.15) is 52.3 Å². The lowest BCUT2D eigenvalue weighted by atomic mass is 9.98. The Morgan fingerprint density at radius 1 is 1.47 bits per heavy atom. The van der Waals surface area contributed by atoms with Crippen molar-refractivity contribution >= 4 is 0 Å². The van der Waals surface area contributed by atoms with Crippen LogP contribution in [0.5, 0.6) is 0 Å². The van der Waals surface area contributed by atoms with Crippen LogP contribution in [0, 0.1) is 5.92 Å². The zero-order chi connectivity index (χ0) is 11.5. The lowest BCUT2D eigenvalue weighted by Gasteiger charge is -2.18. The van der Waals surface area contributed by atoms with Crippen LogP contribution in [0.2, 0.25) is 0 Å². The number of nitrogens with two attached hydrogens (primary N) is 1. The molecule has 86 valence electrons. The molecule has 0 bridgehead atoms. The van der Waals surface area contributed by atoms with Crippen molar-refractivity contribution in [2.75, 3.05) is 0 Å². The van der Waals surface area contributed by atoms with Crippen LogP contribution < -0.4 is 5.73 Å². The molecule has 0 radical (unpaired) electrons. The highest BCUT2D eigenvalue weighted by molar-refractivity contribution is 4.99. The average molecular weight is 211 g/mol. The molecule has 15 heavy (non-hydrogen) atoms. The molecule has 0 aromatic carbocycles. The highest BCUT2D eigenvalue weighted by Crippen LogP contribution is 2.21. The van der Waals surface area contributed by atoms with Crippen molar-refractivity contribution in [1.82, 2.24) is 10.1 Å². The minimum atomic E-state index is -0.489. The van der Waals surface area contributed by atoms with Crippen LogP contribution >= 0.6 is 0 Å². The van der Waals surface area contributed by atoms with E-state index < -0.39 is 5.54 Å². The standard InChI is InChI=1S/C11H21N3O/c1-5-6-11(4,12)10-13-9(14-15-10)7-8(2)3/h8H,5-7,12H2,1-4H3. The van der Waals surface area contributed by atoms with Crippen molar-refractivity contribution in [2.45, 2.75) is 52.5 Å². The second-order valence-electron chi connectivity index (χ2n) is 4.78. The van der Waals surface area contributed by atoms with Gasteiger partial charge in [0.15, 0.2) is 5.82 Å². The van der Waals surface area contributed by atoms with Gasteiger partial charge in [0.1, 0.15) is 0 Å². The van der Waals surface area contributed by atoms with Crippen molar-refractivity contribution in [3.63, 3.8) is 0 Å². The Balaban J connectivity index is 2.74. The minimum absolute atomic E-state index is 0.489. The molecule has 0 spiro atoms. The van der Waals surface area contributed by atoms with E-state index in [-0.39, 0.29) is 0 Å². The van der Waals surface area contributed by atoms with E-state index >= 15 is 0 Å². The maximum Gasteiger partial charge on any atom is 0.246 e. The molecule has 1 rings (SSSR count). The topological polar surface area (TPSA) is 64.9 Å². The van der Waals surface area contributed by atoms with Gasteiger partial charge in [-0.3, -0.25) is 0 Å². The molecule has 0 saturated carbocycles. The summed E-state index contributed by atoms with van der Waals surface area (Å²) in [5, 5.41) is 3.94. The van der Waals surface area contributed by atoms with E-state index in [1.54, 1.807) is 0 Å². The maximum absolute atomic E-state index is 6.10. The molecule has 0 fully saturated rings. The van der Waals surface area contributed by atoms with E-state index in [1.807, 2.05) is 6.92 Å². The largest absolute Gasteiger partial charge is 0.337 e. The summed E-state index contributed by atoms with van der Waals surface area (Å²) in [6, 6.07) is 0. The Morgan fingerprint density at radius 3 is 2.67 bits per heavy atom. The maximum atomic E-state index is 6.10. The number of hydrogen-bond donors (Lipinski definition) is 1. The summed E-state index contributed by atoms with van der Waals surface area (Å²) < 4.78 is 5.20. The van der Waals surface area contributed by atoms with Crippen LogP contribution in [0.15, 0.2) is 4.52 Å². The zero-order valence-electron chi connectivity index (χ0n) is 10.1. The van der Waals surface area contributed by atoms with Gasteiger partial charge in [0.25, 0.3) is 0 Å². The summed E-state index contributed by atoms with van der Waals surface area (Å²) in [6.45, 7) is 8.28. The first kappa shape index (κ1) is 12.2. The first-order valence-electron chi connectivity index (χ1n) is 5.57. The number of aromatic nitrogens is 2. The summed E-state index contributed by atoms with van der Waals surface area (Å²) >= 11 is 0. The highest BCUT2D eigenvalue weighted by atomic mass is 16.5. The highest BCUT2D eigenvalue weighted by Gasteiger charge is 2.27. The fourth-order valence-electron chi connectivity index (χ4n) is 1.56. The molecular formula is C11H21N3O. The van der Waals surface area contributed by atoms with Crippen LogP contribution in [0.3, 0.4) is 0 Å². The fourth-order valence-corrected chi connectivity index (χ4v) is 1.56. The van der Waals surface area contributed by atoms with Gasteiger partial charge in [-0.2, -0.15) is 4.98 Å². The lowest BCUT2D eigenvalue weighted by molar-refractivity contribution is 0.282. The normalized spacial score (nSPS) is 15.6. The molecule has 0 aliphatic carbocycles. The first-order valence-corrected chi connectivity index (χ1v) is 5.57. The molecular weight excluding hydrogens is 190 g/mol. The predicted molar refractivity (Wildman–Crippen MR) is 59.3 cm³/mol. The third-order valence-corrected chi connectivity index (χ3v) is 2.32. The van der Waals surface area contributed by atoms with Crippen molar-refractivity contribution in [1.29, 1.82) is 0 Å².